The van der Waals surface area contributed by atoms with E-state index in [9.17, 15) is 0 Å². The molecule has 0 amide bonds. The molecule has 17 heavy (non-hydrogen) atoms. The Labute approximate surface area is 111 Å². The molecule has 0 aliphatic heterocycles. The summed E-state index contributed by atoms with van der Waals surface area (Å²) in [7, 11) is 0. The van der Waals surface area contributed by atoms with Gasteiger partial charge in [0.15, 0.2) is 0 Å². The van der Waals surface area contributed by atoms with Crippen molar-refractivity contribution in [1.82, 2.24) is 4.98 Å². The van der Waals surface area contributed by atoms with Gasteiger partial charge in [-0.3, -0.25) is 0 Å². The van der Waals surface area contributed by atoms with E-state index in [1.807, 2.05) is 18.2 Å². The normalized spacial score (nSPS) is 14.2. The predicted molar refractivity (Wildman–Crippen MR) is 75.8 cm³/mol. The van der Waals surface area contributed by atoms with Crippen molar-refractivity contribution >= 4 is 33.2 Å². The predicted octanol–water partition coefficient (Wildman–Crippen LogP) is 3.87. The van der Waals surface area contributed by atoms with Crippen LogP contribution in [0.2, 0.25) is 5.02 Å². The molecule has 0 bridgehead atoms. The Morgan fingerprint density at radius 1 is 1.41 bits per heavy atom. The fourth-order valence-corrected chi connectivity index (χ4v) is 2.85. The maximum absolute atomic E-state index is 6.18. The van der Waals surface area contributed by atoms with Crippen LogP contribution in [0.25, 0.3) is 10.2 Å². The first-order chi connectivity index (χ1) is 7.88. The monoisotopic (exact) mass is 268 g/mol. The minimum absolute atomic E-state index is 0.0989. The lowest BCUT2D eigenvalue weighted by atomic mass is 9.86. The number of nitrogens with two attached hydrogens (primary N) is 1. The Hall–Kier alpha value is -0.640. The number of aromatic nitrogens is 1. The van der Waals surface area contributed by atoms with Gasteiger partial charge in [0.2, 0.25) is 0 Å². The number of nitrogens with zero attached hydrogens (tertiary/aromatic N) is 1. The van der Waals surface area contributed by atoms with Gasteiger partial charge in [-0.2, -0.15) is 0 Å². The lowest BCUT2D eigenvalue weighted by Gasteiger charge is -2.26. The van der Waals surface area contributed by atoms with Gasteiger partial charge in [-0.1, -0.05) is 38.4 Å². The SMILES string of the molecule is CC(C)(C)C(N)Cc1nc2cccc(Cl)c2s1. The van der Waals surface area contributed by atoms with Crippen LogP contribution in [0.15, 0.2) is 18.2 Å². The van der Waals surface area contributed by atoms with Crippen molar-refractivity contribution in [3.05, 3.63) is 28.2 Å². The van der Waals surface area contributed by atoms with E-state index in [2.05, 4.69) is 25.8 Å². The average Bonchev–Trinajstić information content (AvgIpc) is 2.60. The van der Waals surface area contributed by atoms with E-state index in [0.717, 1.165) is 26.7 Å². The lowest BCUT2D eigenvalue weighted by molar-refractivity contribution is 0.318. The summed E-state index contributed by atoms with van der Waals surface area (Å²) in [6.07, 6.45) is 0.805. The average molecular weight is 269 g/mol. The van der Waals surface area contributed by atoms with Crippen molar-refractivity contribution in [2.75, 3.05) is 0 Å². The molecule has 0 fully saturated rings. The van der Waals surface area contributed by atoms with Gasteiger partial charge >= 0.3 is 0 Å². The highest BCUT2D eigenvalue weighted by atomic mass is 35.5. The molecule has 0 saturated heterocycles. The van der Waals surface area contributed by atoms with E-state index in [4.69, 9.17) is 17.3 Å². The van der Waals surface area contributed by atoms with Crippen LogP contribution in [-0.2, 0) is 6.42 Å². The molecule has 0 aliphatic carbocycles. The minimum Gasteiger partial charge on any atom is -0.327 e. The molecule has 1 unspecified atom stereocenters. The first-order valence-electron chi connectivity index (χ1n) is 5.67. The van der Waals surface area contributed by atoms with Crippen LogP contribution in [0.4, 0.5) is 0 Å². The molecule has 2 aromatic rings. The van der Waals surface area contributed by atoms with Gasteiger partial charge in [0.05, 0.1) is 20.2 Å². The molecule has 92 valence electrons. The van der Waals surface area contributed by atoms with E-state index in [-0.39, 0.29) is 11.5 Å². The van der Waals surface area contributed by atoms with Gasteiger partial charge in [0.25, 0.3) is 0 Å². The fourth-order valence-electron chi connectivity index (χ4n) is 1.54. The molecule has 2 nitrogen and oxygen atoms in total. The molecule has 2 rings (SSSR count). The maximum Gasteiger partial charge on any atom is 0.0954 e. The van der Waals surface area contributed by atoms with E-state index >= 15 is 0 Å². The number of thiazole rings is 1. The number of halogens is 1. The topological polar surface area (TPSA) is 38.9 Å². The molecule has 0 aliphatic rings. The molecular formula is C13H17ClN2S. The molecule has 0 radical (unpaired) electrons. The number of rotatable bonds is 2. The molecular weight excluding hydrogens is 252 g/mol. The zero-order chi connectivity index (χ0) is 12.6. The Morgan fingerprint density at radius 3 is 2.71 bits per heavy atom. The summed E-state index contributed by atoms with van der Waals surface area (Å²) in [4.78, 5) is 4.58. The Bertz CT molecular complexity index is 528. The van der Waals surface area contributed by atoms with Crippen LogP contribution >= 0.6 is 22.9 Å². The second-order valence-corrected chi connectivity index (χ2v) is 6.86. The number of hydrogen-bond acceptors (Lipinski definition) is 3. The van der Waals surface area contributed by atoms with E-state index < -0.39 is 0 Å². The lowest BCUT2D eigenvalue weighted by Crippen LogP contribution is -2.36. The highest BCUT2D eigenvalue weighted by Gasteiger charge is 2.22. The third kappa shape index (κ3) is 2.79. The smallest absolute Gasteiger partial charge is 0.0954 e. The van der Waals surface area contributed by atoms with Crippen molar-refractivity contribution in [3.8, 4) is 0 Å². The summed E-state index contributed by atoms with van der Waals surface area (Å²) in [5.41, 5.74) is 7.25. The van der Waals surface area contributed by atoms with Crippen LogP contribution in [0, 0.1) is 5.41 Å². The van der Waals surface area contributed by atoms with Crippen LogP contribution in [0.5, 0.6) is 0 Å². The fraction of sp³-hybridized carbons (Fsp3) is 0.462. The van der Waals surface area contributed by atoms with Crippen molar-refractivity contribution in [3.63, 3.8) is 0 Å². The summed E-state index contributed by atoms with van der Waals surface area (Å²) in [5, 5.41) is 1.84. The molecule has 1 heterocycles. The third-order valence-electron chi connectivity index (χ3n) is 2.92. The first kappa shape index (κ1) is 12.8. The molecule has 1 aromatic carbocycles. The molecule has 2 N–H and O–H groups in total. The number of fused-ring (bicyclic) bond motifs is 1. The van der Waals surface area contributed by atoms with Crippen LogP contribution in [0.1, 0.15) is 25.8 Å². The number of benzene rings is 1. The zero-order valence-corrected chi connectivity index (χ0v) is 11.9. The summed E-state index contributed by atoms with van der Waals surface area (Å²) >= 11 is 7.78. The van der Waals surface area contributed by atoms with Crippen molar-refractivity contribution in [2.45, 2.75) is 33.2 Å². The van der Waals surface area contributed by atoms with Gasteiger partial charge in [-0.15, -0.1) is 11.3 Å². The van der Waals surface area contributed by atoms with Gasteiger partial charge < -0.3 is 5.73 Å². The summed E-state index contributed by atoms with van der Waals surface area (Å²) < 4.78 is 1.06. The van der Waals surface area contributed by atoms with Crippen molar-refractivity contribution in [1.29, 1.82) is 0 Å². The second kappa shape index (κ2) is 4.56. The second-order valence-electron chi connectivity index (χ2n) is 5.37. The summed E-state index contributed by atoms with van der Waals surface area (Å²) in [5.74, 6) is 0. The number of hydrogen-bond donors (Lipinski definition) is 1. The van der Waals surface area contributed by atoms with Crippen LogP contribution < -0.4 is 5.73 Å². The molecule has 1 atom stereocenters. The quantitative estimate of drug-likeness (QED) is 0.898. The Balaban J connectivity index is 2.29. The van der Waals surface area contributed by atoms with Crippen LogP contribution in [-0.4, -0.2) is 11.0 Å². The standard InChI is InChI=1S/C13H17ClN2S/c1-13(2,3)10(15)7-11-16-9-6-4-5-8(14)12(9)17-11/h4-6,10H,7,15H2,1-3H3. The van der Waals surface area contributed by atoms with E-state index in [1.165, 1.54) is 0 Å². The highest BCUT2D eigenvalue weighted by Crippen LogP contribution is 2.31. The maximum atomic E-state index is 6.18. The Kier molecular flexibility index (Phi) is 3.43. The molecule has 0 saturated carbocycles. The van der Waals surface area contributed by atoms with Crippen LogP contribution in [0.3, 0.4) is 0 Å². The molecule has 1 aromatic heterocycles. The van der Waals surface area contributed by atoms with Gasteiger partial charge in [0, 0.05) is 12.5 Å². The van der Waals surface area contributed by atoms with Crippen molar-refractivity contribution < 1.29 is 0 Å². The first-order valence-corrected chi connectivity index (χ1v) is 6.87. The highest BCUT2D eigenvalue weighted by molar-refractivity contribution is 7.19. The van der Waals surface area contributed by atoms with Gasteiger partial charge in [0.1, 0.15) is 0 Å². The largest absolute Gasteiger partial charge is 0.327 e. The van der Waals surface area contributed by atoms with Gasteiger partial charge in [-0.05, 0) is 17.5 Å². The van der Waals surface area contributed by atoms with Gasteiger partial charge in [-0.25, -0.2) is 4.98 Å². The van der Waals surface area contributed by atoms with E-state index in [1.54, 1.807) is 11.3 Å². The molecule has 4 heteroatoms. The third-order valence-corrected chi connectivity index (χ3v) is 4.47. The summed E-state index contributed by atoms with van der Waals surface area (Å²) in [6.45, 7) is 6.45. The van der Waals surface area contributed by atoms with Crippen molar-refractivity contribution in [2.24, 2.45) is 11.1 Å². The Morgan fingerprint density at radius 2 is 2.12 bits per heavy atom. The zero-order valence-electron chi connectivity index (χ0n) is 10.3. The summed E-state index contributed by atoms with van der Waals surface area (Å²) in [6, 6.07) is 5.93. The van der Waals surface area contributed by atoms with E-state index in [0.29, 0.717) is 0 Å². The molecule has 0 spiro atoms. The minimum atomic E-state index is 0.0989.